The van der Waals surface area contributed by atoms with Gasteiger partial charge in [-0.15, -0.1) is 0 Å². The van der Waals surface area contributed by atoms with E-state index < -0.39 is 28.5 Å². The Balaban J connectivity index is 1.66. The van der Waals surface area contributed by atoms with Crippen molar-refractivity contribution in [1.82, 2.24) is 14.7 Å². The van der Waals surface area contributed by atoms with E-state index >= 15 is 4.39 Å². The number of carbonyl (C=O) groups excluding carboxylic acids is 1. The fourth-order valence-electron chi connectivity index (χ4n) is 3.75. The second-order valence-corrected chi connectivity index (χ2v) is 9.29. The summed E-state index contributed by atoms with van der Waals surface area (Å²) in [6.07, 6.45) is 1.66. The zero-order chi connectivity index (χ0) is 23.2. The van der Waals surface area contributed by atoms with E-state index in [2.05, 4.69) is 9.97 Å². The number of ether oxygens (including phenoxy) is 1. The molecule has 10 heteroatoms. The van der Waals surface area contributed by atoms with Crippen molar-refractivity contribution in [1.29, 1.82) is 0 Å². The van der Waals surface area contributed by atoms with Gasteiger partial charge in [-0.05, 0) is 30.0 Å². The van der Waals surface area contributed by atoms with Gasteiger partial charge in [0.05, 0.1) is 0 Å². The Hall–Kier alpha value is -3.92. The number of aryl methyl sites for hydroxylation is 1. The fraction of sp³-hybridized carbons (Fsp3) is 0.130. The number of benzene rings is 3. The van der Waals surface area contributed by atoms with Crippen molar-refractivity contribution in [2.24, 2.45) is 0 Å². The first-order chi connectivity index (χ1) is 15.8. The molecule has 33 heavy (non-hydrogen) atoms. The molecule has 0 atom stereocenters. The Labute approximate surface area is 189 Å². The second-order valence-electron chi connectivity index (χ2n) is 7.70. The number of imidazole rings is 1. The van der Waals surface area contributed by atoms with Crippen LogP contribution in [0.25, 0.3) is 22.2 Å². The number of anilines is 1. The number of amides is 1. The normalized spacial score (nSPS) is 15.1. The van der Waals surface area contributed by atoms with Gasteiger partial charge in [-0.1, -0.05) is 42.5 Å². The van der Waals surface area contributed by atoms with E-state index in [-0.39, 0.29) is 23.4 Å². The molecule has 1 aromatic heterocycles. The lowest BCUT2D eigenvalue weighted by molar-refractivity contribution is -0.117. The van der Waals surface area contributed by atoms with Crippen LogP contribution in [0.3, 0.4) is 0 Å². The van der Waals surface area contributed by atoms with E-state index in [1.165, 1.54) is 0 Å². The van der Waals surface area contributed by atoms with Crippen molar-refractivity contribution in [2.75, 3.05) is 10.8 Å². The molecule has 168 valence electrons. The molecule has 0 saturated carbocycles. The molecule has 1 aliphatic heterocycles. The highest BCUT2D eigenvalue weighted by Crippen LogP contribution is 2.40. The molecular formula is C23H19FN4O4S. The van der Waals surface area contributed by atoms with Crippen molar-refractivity contribution < 1.29 is 22.3 Å². The zero-order valence-corrected chi connectivity index (χ0v) is 18.3. The van der Waals surface area contributed by atoms with E-state index in [1.54, 1.807) is 30.5 Å². The highest BCUT2D eigenvalue weighted by Gasteiger charge is 2.38. The van der Waals surface area contributed by atoms with Crippen LogP contribution >= 0.6 is 0 Å². The lowest BCUT2D eigenvalue weighted by atomic mass is 10.0. The summed E-state index contributed by atoms with van der Waals surface area (Å²) < 4.78 is 49.4. The Bertz CT molecular complexity index is 1490. The minimum Gasteiger partial charge on any atom is -0.487 e. The first-order valence-electron chi connectivity index (χ1n) is 10.1. The molecule has 3 aromatic carbocycles. The number of aromatic amines is 1. The summed E-state index contributed by atoms with van der Waals surface area (Å²) in [5.41, 5.74) is 2.00. The van der Waals surface area contributed by atoms with Gasteiger partial charge in [-0.3, -0.25) is 4.79 Å². The maximum Gasteiger partial charge on any atom is 0.326 e. The van der Waals surface area contributed by atoms with E-state index in [0.717, 1.165) is 11.3 Å². The molecule has 0 radical (unpaired) electrons. The second kappa shape index (κ2) is 7.89. The molecule has 0 aliphatic carbocycles. The molecule has 4 aromatic rings. The Morgan fingerprint density at radius 3 is 2.61 bits per heavy atom. The summed E-state index contributed by atoms with van der Waals surface area (Å²) in [6.45, 7) is 1.41. The van der Waals surface area contributed by atoms with Crippen molar-refractivity contribution in [2.45, 2.75) is 13.5 Å². The number of H-pyrrole nitrogens is 1. The number of aromatic nitrogens is 2. The van der Waals surface area contributed by atoms with Gasteiger partial charge in [0.1, 0.15) is 30.4 Å². The van der Waals surface area contributed by atoms with Crippen molar-refractivity contribution in [3.05, 3.63) is 77.9 Å². The van der Waals surface area contributed by atoms with Crippen LogP contribution < -0.4 is 13.8 Å². The summed E-state index contributed by atoms with van der Waals surface area (Å²) in [5.74, 6) is -0.972. The molecule has 0 spiro atoms. The SMILES string of the molecule is Cc1cnc(-c2ccc3cc(OCc4ccccc4)c(N4CC(=O)NS4(=O)=O)c(F)c3c2)[nH]1. The number of hydrogen-bond donors (Lipinski definition) is 2. The van der Waals surface area contributed by atoms with Crippen molar-refractivity contribution in [3.63, 3.8) is 0 Å². The summed E-state index contributed by atoms with van der Waals surface area (Å²) in [6, 6.07) is 15.9. The number of hydrogen-bond acceptors (Lipinski definition) is 5. The van der Waals surface area contributed by atoms with Crippen LogP contribution in [-0.4, -0.2) is 30.8 Å². The van der Waals surface area contributed by atoms with Gasteiger partial charge in [0.25, 0.3) is 5.91 Å². The topological polar surface area (TPSA) is 104 Å². The third-order valence-electron chi connectivity index (χ3n) is 5.30. The summed E-state index contributed by atoms with van der Waals surface area (Å²) in [4.78, 5) is 19.2. The van der Waals surface area contributed by atoms with Gasteiger partial charge in [-0.25, -0.2) is 18.4 Å². The highest BCUT2D eigenvalue weighted by atomic mass is 32.2. The molecule has 5 rings (SSSR count). The zero-order valence-electron chi connectivity index (χ0n) is 17.5. The highest BCUT2D eigenvalue weighted by molar-refractivity contribution is 7.92. The predicted octanol–water partition coefficient (Wildman–Crippen LogP) is 3.44. The van der Waals surface area contributed by atoms with E-state index in [4.69, 9.17) is 4.74 Å². The molecule has 1 fully saturated rings. The maximum absolute atomic E-state index is 15.9. The number of nitrogens with zero attached hydrogens (tertiary/aromatic N) is 2. The van der Waals surface area contributed by atoms with Gasteiger partial charge in [0.2, 0.25) is 0 Å². The smallest absolute Gasteiger partial charge is 0.326 e. The molecule has 0 bridgehead atoms. The molecule has 2 heterocycles. The quantitative estimate of drug-likeness (QED) is 0.469. The third kappa shape index (κ3) is 3.89. The van der Waals surface area contributed by atoms with Crippen LogP contribution in [0.5, 0.6) is 5.75 Å². The summed E-state index contributed by atoms with van der Waals surface area (Å²) >= 11 is 0. The van der Waals surface area contributed by atoms with Crippen LogP contribution in [0.1, 0.15) is 11.3 Å². The number of halogens is 1. The lowest BCUT2D eigenvalue weighted by Gasteiger charge is -2.21. The molecular weight excluding hydrogens is 447 g/mol. The lowest BCUT2D eigenvalue weighted by Crippen LogP contribution is -2.30. The summed E-state index contributed by atoms with van der Waals surface area (Å²) in [5, 5.41) is 0.695. The average Bonchev–Trinajstić information content (AvgIpc) is 3.34. The molecule has 8 nitrogen and oxygen atoms in total. The molecule has 1 amide bonds. The molecule has 2 N–H and O–H groups in total. The van der Waals surface area contributed by atoms with E-state index in [0.29, 0.717) is 21.1 Å². The summed E-state index contributed by atoms with van der Waals surface area (Å²) in [7, 11) is -4.25. The fourth-order valence-corrected chi connectivity index (χ4v) is 4.91. The number of carbonyl (C=O) groups is 1. The minimum absolute atomic E-state index is 0.0190. The van der Waals surface area contributed by atoms with E-state index in [9.17, 15) is 13.2 Å². The van der Waals surface area contributed by atoms with Gasteiger partial charge >= 0.3 is 10.2 Å². The number of nitrogens with one attached hydrogen (secondary N) is 2. The van der Waals surface area contributed by atoms with Crippen LogP contribution in [0.2, 0.25) is 0 Å². The first-order valence-corrected chi connectivity index (χ1v) is 11.5. The Kier molecular flexibility index (Phi) is 5.01. The average molecular weight is 466 g/mol. The van der Waals surface area contributed by atoms with Crippen LogP contribution in [0, 0.1) is 12.7 Å². The predicted molar refractivity (Wildman–Crippen MR) is 121 cm³/mol. The van der Waals surface area contributed by atoms with E-state index in [1.807, 2.05) is 42.0 Å². The van der Waals surface area contributed by atoms with Gasteiger partial charge in [0, 0.05) is 22.8 Å². The van der Waals surface area contributed by atoms with Crippen molar-refractivity contribution >= 4 is 32.6 Å². The van der Waals surface area contributed by atoms with Crippen LogP contribution in [-0.2, 0) is 21.6 Å². The molecule has 0 unspecified atom stereocenters. The monoisotopic (exact) mass is 466 g/mol. The van der Waals surface area contributed by atoms with Crippen LogP contribution in [0.4, 0.5) is 10.1 Å². The largest absolute Gasteiger partial charge is 0.487 e. The standard InChI is InChI=1S/C23H19FN4O4S/c1-14-11-25-23(26-14)17-8-7-16-10-19(32-13-15-5-3-2-4-6-15)22(21(24)18(16)9-17)28-12-20(29)27-33(28,30)31/h2-11H,12-13H2,1H3,(H,25,26)(H,27,29). The van der Waals surface area contributed by atoms with Gasteiger partial charge in [0.15, 0.2) is 5.82 Å². The van der Waals surface area contributed by atoms with Gasteiger partial charge in [-0.2, -0.15) is 8.42 Å². The number of rotatable bonds is 5. The Morgan fingerprint density at radius 1 is 1.15 bits per heavy atom. The van der Waals surface area contributed by atoms with Crippen molar-refractivity contribution in [3.8, 4) is 17.1 Å². The minimum atomic E-state index is -4.25. The first kappa shape index (κ1) is 21.0. The maximum atomic E-state index is 15.9. The number of fused-ring (bicyclic) bond motifs is 1. The molecule has 1 saturated heterocycles. The molecule has 1 aliphatic rings. The van der Waals surface area contributed by atoms with Crippen LogP contribution in [0.15, 0.2) is 60.8 Å². The van der Waals surface area contributed by atoms with Gasteiger partial charge < -0.3 is 9.72 Å². The third-order valence-corrected chi connectivity index (χ3v) is 6.68. The Morgan fingerprint density at radius 2 is 1.94 bits per heavy atom.